The summed E-state index contributed by atoms with van der Waals surface area (Å²) in [5, 5.41) is 7.34. The van der Waals surface area contributed by atoms with Crippen LogP contribution in [0.1, 0.15) is 32.6 Å². The highest BCUT2D eigenvalue weighted by atomic mass is 32.2. The molecule has 7 heteroatoms. The van der Waals surface area contributed by atoms with Gasteiger partial charge in [0.2, 0.25) is 0 Å². The van der Waals surface area contributed by atoms with Crippen LogP contribution < -0.4 is 5.32 Å². The van der Waals surface area contributed by atoms with Gasteiger partial charge in [0.15, 0.2) is 0 Å². The Bertz CT molecular complexity index is 467. The number of likely N-dealkylation sites (N-methyl/N-ethyl adjacent to an activating group) is 1. The van der Waals surface area contributed by atoms with Crippen LogP contribution in [-0.2, 0) is 16.3 Å². The van der Waals surface area contributed by atoms with E-state index in [4.69, 9.17) is 0 Å². The van der Waals surface area contributed by atoms with Gasteiger partial charge in [-0.15, -0.1) is 0 Å². The fourth-order valence-corrected chi connectivity index (χ4v) is 2.88. The van der Waals surface area contributed by atoms with Gasteiger partial charge in [0.05, 0.1) is 5.75 Å². The van der Waals surface area contributed by atoms with Crippen LogP contribution in [0.15, 0.2) is 6.33 Å². The zero-order valence-electron chi connectivity index (χ0n) is 11.4. The fraction of sp³-hybridized carbons (Fsp3) is 0.818. The minimum absolute atomic E-state index is 0.117. The van der Waals surface area contributed by atoms with Gasteiger partial charge < -0.3 is 5.32 Å². The van der Waals surface area contributed by atoms with E-state index < -0.39 is 9.84 Å². The Labute approximate surface area is 109 Å². The molecule has 0 saturated carbocycles. The third-order valence-corrected chi connectivity index (χ3v) is 3.57. The van der Waals surface area contributed by atoms with E-state index in [0.717, 1.165) is 12.4 Å². The lowest BCUT2D eigenvalue weighted by Gasteiger charge is -2.17. The predicted octanol–water partition coefficient (Wildman–Crippen LogP) is 0.424. The first-order chi connectivity index (χ1) is 8.33. The lowest BCUT2D eigenvalue weighted by Crippen LogP contribution is -2.38. The van der Waals surface area contributed by atoms with Gasteiger partial charge in [0.25, 0.3) is 0 Å². The van der Waals surface area contributed by atoms with Gasteiger partial charge in [0.1, 0.15) is 22.0 Å². The molecule has 0 amide bonds. The summed E-state index contributed by atoms with van der Waals surface area (Å²) < 4.78 is 24.6. The van der Waals surface area contributed by atoms with Gasteiger partial charge in [-0.3, -0.25) is 0 Å². The second-order valence-electron chi connectivity index (χ2n) is 4.77. The highest BCUT2D eigenvalue weighted by molar-refractivity contribution is 7.90. The first-order valence-corrected chi connectivity index (χ1v) is 8.19. The lowest BCUT2D eigenvalue weighted by atomic mass is 10.2. The average Bonchev–Trinajstić information content (AvgIpc) is 2.63. The van der Waals surface area contributed by atoms with Crippen molar-refractivity contribution < 1.29 is 8.42 Å². The van der Waals surface area contributed by atoms with E-state index in [2.05, 4.69) is 15.4 Å². The van der Waals surface area contributed by atoms with E-state index in [9.17, 15) is 8.42 Å². The predicted molar refractivity (Wildman–Crippen MR) is 71.3 cm³/mol. The summed E-state index contributed by atoms with van der Waals surface area (Å²) in [5.41, 5.74) is 0. The van der Waals surface area contributed by atoms with Crippen LogP contribution in [0.5, 0.6) is 0 Å². The van der Waals surface area contributed by atoms with Crippen LogP contribution in [0.2, 0.25) is 0 Å². The van der Waals surface area contributed by atoms with Crippen molar-refractivity contribution >= 4 is 9.84 Å². The Morgan fingerprint density at radius 3 is 2.61 bits per heavy atom. The molecule has 6 nitrogen and oxygen atoms in total. The Morgan fingerprint density at radius 2 is 2.11 bits per heavy atom. The standard InChI is InChI=1S/C11H22N4O2S/c1-5-12-10(7-18(4,16)17)6-11-13-8-14-15(11)9(2)3/h8-10,12H,5-7H2,1-4H3. The Hall–Kier alpha value is -0.950. The van der Waals surface area contributed by atoms with Gasteiger partial charge in [-0.25, -0.2) is 18.1 Å². The maximum absolute atomic E-state index is 11.4. The third kappa shape index (κ3) is 4.73. The van der Waals surface area contributed by atoms with Crippen LogP contribution in [0.25, 0.3) is 0 Å². The zero-order valence-corrected chi connectivity index (χ0v) is 12.2. The summed E-state index contributed by atoms with van der Waals surface area (Å²) in [5.74, 6) is 0.936. The first kappa shape index (κ1) is 15.1. The van der Waals surface area contributed by atoms with Gasteiger partial charge in [0, 0.05) is 24.8 Å². The lowest BCUT2D eigenvalue weighted by molar-refractivity contribution is 0.473. The fourth-order valence-electron chi connectivity index (χ4n) is 1.92. The number of hydrogen-bond acceptors (Lipinski definition) is 5. The molecule has 1 aromatic heterocycles. The summed E-state index contributed by atoms with van der Waals surface area (Å²) in [4.78, 5) is 4.21. The molecule has 0 aromatic carbocycles. The summed E-state index contributed by atoms with van der Waals surface area (Å²) >= 11 is 0. The molecule has 0 aliphatic carbocycles. The van der Waals surface area contributed by atoms with Gasteiger partial charge >= 0.3 is 0 Å². The van der Waals surface area contributed by atoms with E-state index in [1.165, 1.54) is 12.6 Å². The van der Waals surface area contributed by atoms with Crippen LogP contribution in [0.3, 0.4) is 0 Å². The van der Waals surface area contributed by atoms with Crippen LogP contribution in [0.4, 0.5) is 0 Å². The number of nitrogens with one attached hydrogen (secondary N) is 1. The van der Waals surface area contributed by atoms with E-state index in [-0.39, 0.29) is 17.8 Å². The van der Waals surface area contributed by atoms with Crippen molar-refractivity contribution in [2.45, 2.75) is 39.3 Å². The molecule has 1 aromatic rings. The van der Waals surface area contributed by atoms with Crippen molar-refractivity contribution in [2.75, 3.05) is 18.6 Å². The van der Waals surface area contributed by atoms with E-state index in [1.54, 1.807) is 0 Å². The molecule has 0 fully saturated rings. The Morgan fingerprint density at radius 1 is 1.44 bits per heavy atom. The monoisotopic (exact) mass is 274 g/mol. The first-order valence-electron chi connectivity index (χ1n) is 6.13. The van der Waals surface area contributed by atoms with Crippen LogP contribution in [0, 0.1) is 0 Å². The van der Waals surface area contributed by atoms with Crippen molar-refractivity contribution in [2.24, 2.45) is 0 Å². The summed E-state index contributed by atoms with van der Waals surface area (Å²) in [6.45, 7) is 6.74. The van der Waals surface area contributed by atoms with Crippen molar-refractivity contribution in [1.29, 1.82) is 0 Å². The molecular formula is C11H22N4O2S. The highest BCUT2D eigenvalue weighted by Gasteiger charge is 2.18. The quantitative estimate of drug-likeness (QED) is 0.780. The molecule has 0 radical (unpaired) electrons. The second-order valence-corrected chi connectivity index (χ2v) is 6.95. The van der Waals surface area contributed by atoms with Gasteiger partial charge in [-0.05, 0) is 20.4 Å². The molecule has 1 heterocycles. The van der Waals surface area contributed by atoms with Gasteiger partial charge in [-0.1, -0.05) is 6.92 Å². The third-order valence-electron chi connectivity index (χ3n) is 2.56. The van der Waals surface area contributed by atoms with Gasteiger partial charge in [-0.2, -0.15) is 5.10 Å². The second kappa shape index (κ2) is 6.29. The molecule has 0 aliphatic heterocycles. The average molecular weight is 274 g/mol. The number of nitrogens with zero attached hydrogens (tertiary/aromatic N) is 3. The highest BCUT2D eigenvalue weighted by Crippen LogP contribution is 2.08. The van der Waals surface area contributed by atoms with E-state index >= 15 is 0 Å². The molecule has 18 heavy (non-hydrogen) atoms. The van der Waals surface area contributed by atoms with Crippen LogP contribution in [-0.4, -0.2) is 47.8 Å². The molecule has 0 spiro atoms. The number of rotatable bonds is 7. The van der Waals surface area contributed by atoms with Crippen molar-refractivity contribution in [3.05, 3.63) is 12.2 Å². The number of aromatic nitrogens is 3. The number of hydrogen-bond donors (Lipinski definition) is 1. The molecular weight excluding hydrogens is 252 g/mol. The minimum Gasteiger partial charge on any atom is -0.313 e. The van der Waals surface area contributed by atoms with Crippen molar-refractivity contribution in [3.8, 4) is 0 Å². The van der Waals surface area contributed by atoms with Crippen molar-refractivity contribution in [3.63, 3.8) is 0 Å². The molecule has 0 saturated heterocycles. The molecule has 0 aliphatic rings. The molecule has 104 valence electrons. The SMILES string of the molecule is CCNC(Cc1ncnn1C(C)C)CS(C)(=O)=O. The summed E-state index contributed by atoms with van der Waals surface area (Å²) in [7, 11) is -3.00. The molecule has 1 unspecified atom stereocenters. The summed E-state index contributed by atoms with van der Waals surface area (Å²) in [6.07, 6.45) is 3.34. The normalized spacial score (nSPS) is 14.1. The van der Waals surface area contributed by atoms with Crippen molar-refractivity contribution in [1.82, 2.24) is 20.1 Å². The van der Waals surface area contributed by atoms with E-state index in [0.29, 0.717) is 6.42 Å². The maximum Gasteiger partial charge on any atom is 0.148 e. The molecule has 1 N–H and O–H groups in total. The van der Waals surface area contributed by atoms with Crippen LogP contribution >= 0.6 is 0 Å². The smallest absolute Gasteiger partial charge is 0.148 e. The number of sulfone groups is 1. The largest absolute Gasteiger partial charge is 0.313 e. The maximum atomic E-state index is 11.4. The zero-order chi connectivity index (χ0) is 13.8. The molecule has 1 rings (SSSR count). The molecule has 1 atom stereocenters. The molecule has 0 bridgehead atoms. The van der Waals surface area contributed by atoms with E-state index in [1.807, 2.05) is 25.5 Å². The Balaban J connectivity index is 2.80. The minimum atomic E-state index is -3.00. The summed E-state index contributed by atoms with van der Waals surface area (Å²) in [6, 6.07) is 0.106. The topological polar surface area (TPSA) is 76.9 Å². The Kier molecular flexibility index (Phi) is 5.28.